The normalized spacial score (nSPS) is 20.7. The molecule has 15 heavy (non-hydrogen) atoms. The molecule has 2 rings (SSSR count). The highest BCUT2D eigenvalue weighted by Gasteiger charge is 2.22. The van der Waals surface area contributed by atoms with Crippen LogP contribution in [0, 0.1) is 0 Å². The minimum absolute atomic E-state index is 0.00107. The molecular weight excluding hydrogens is 195 g/mol. The van der Waals surface area contributed by atoms with Crippen molar-refractivity contribution in [2.45, 2.75) is 19.5 Å². The summed E-state index contributed by atoms with van der Waals surface area (Å²) in [7, 11) is 0. The van der Waals surface area contributed by atoms with E-state index >= 15 is 0 Å². The van der Waals surface area contributed by atoms with E-state index in [1.54, 1.807) is 18.3 Å². The molecule has 1 aromatic rings. The highest BCUT2D eigenvalue weighted by atomic mass is 19.1. The summed E-state index contributed by atoms with van der Waals surface area (Å²) in [5.41, 5.74) is 0.592. The maximum absolute atomic E-state index is 12.9. The monoisotopic (exact) mass is 208 g/mol. The third kappa shape index (κ3) is 2.14. The largest absolute Gasteiger partial charge is 0.354 e. The van der Waals surface area contributed by atoms with Crippen molar-refractivity contribution in [3.63, 3.8) is 0 Å². The summed E-state index contributed by atoms with van der Waals surface area (Å²) in [4.78, 5) is 17.1. The molecule has 0 aliphatic carbocycles. The van der Waals surface area contributed by atoms with Gasteiger partial charge in [-0.15, -0.1) is 0 Å². The Labute approximate surface area is 87.9 Å². The van der Waals surface area contributed by atoms with Gasteiger partial charge in [-0.1, -0.05) is 0 Å². The first-order chi connectivity index (χ1) is 7.16. The molecule has 0 bridgehead atoms. The molecule has 0 amide bonds. The summed E-state index contributed by atoms with van der Waals surface area (Å²) in [5, 5.41) is 0. The minimum Gasteiger partial charge on any atom is -0.354 e. The Bertz CT molecular complexity index is 363. The number of Topliss-reactive ketones (excluding diaryl/α,β-unsaturated/α-hetero) is 1. The molecule has 0 saturated carbocycles. The van der Waals surface area contributed by atoms with Gasteiger partial charge in [0.15, 0.2) is 5.78 Å². The number of alkyl halides is 1. The van der Waals surface area contributed by atoms with Crippen LogP contribution in [0.25, 0.3) is 0 Å². The molecule has 1 saturated heterocycles. The Hall–Kier alpha value is -1.45. The zero-order valence-electron chi connectivity index (χ0n) is 8.61. The molecule has 0 aromatic carbocycles. The van der Waals surface area contributed by atoms with E-state index in [0.717, 1.165) is 5.82 Å². The third-order valence-electron chi connectivity index (χ3n) is 2.61. The van der Waals surface area contributed by atoms with Crippen LogP contribution in [0.3, 0.4) is 0 Å². The summed E-state index contributed by atoms with van der Waals surface area (Å²) in [6, 6.07) is 3.50. The van der Waals surface area contributed by atoms with Gasteiger partial charge in [-0.05, 0) is 25.5 Å². The van der Waals surface area contributed by atoms with E-state index in [4.69, 9.17) is 0 Å². The molecule has 2 heterocycles. The summed E-state index contributed by atoms with van der Waals surface area (Å²) in [6.45, 7) is 2.62. The third-order valence-corrected chi connectivity index (χ3v) is 2.61. The van der Waals surface area contributed by atoms with E-state index in [-0.39, 0.29) is 5.78 Å². The van der Waals surface area contributed by atoms with Gasteiger partial charge in [0.25, 0.3) is 0 Å². The van der Waals surface area contributed by atoms with Crippen molar-refractivity contribution in [1.29, 1.82) is 0 Å². The van der Waals surface area contributed by atoms with Gasteiger partial charge < -0.3 is 4.90 Å². The number of carbonyl (C=O) groups is 1. The van der Waals surface area contributed by atoms with Crippen molar-refractivity contribution >= 4 is 11.6 Å². The average Bonchev–Trinajstić information content (AvgIpc) is 2.65. The molecular formula is C11H13FN2O. The predicted molar refractivity (Wildman–Crippen MR) is 56.0 cm³/mol. The van der Waals surface area contributed by atoms with Crippen LogP contribution in [0.1, 0.15) is 23.7 Å². The summed E-state index contributed by atoms with van der Waals surface area (Å²) in [5.74, 6) is 0.749. The predicted octanol–water partition coefficient (Wildman–Crippen LogP) is 1.83. The number of halogens is 1. The highest BCUT2D eigenvalue weighted by molar-refractivity contribution is 5.93. The number of anilines is 1. The first-order valence-electron chi connectivity index (χ1n) is 5.03. The van der Waals surface area contributed by atoms with Crippen LogP contribution < -0.4 is 4.90 Å². The lowest BCUT2D eigenvalue weighted by Crippen LogP contribution is -2.21. The molecule has 1 fully saturated rings. The number of hydrogen-bond acceptors (Lipinski definition) is 3. The van der Waals surface area contributed by atoms with Gasteiger partial charge in [0.2, 0.25) is 0 Å². The minimum atomic E-state index is -0.751. The fourth-order valence-electron chi connectivity index (χ4n) is 1.71. The van der Waals surface area contributed by atoms with Gasteiger partial charge in [-0.25, -0.2) is 9.37 Å². The van der Waals surface area contributed by atoms with Crippen molar-refractivity contribution < 1.29 is 9.18 Å². The van der Waals surface area contributed by atoms with E-state index in [2.05, 4.69) is 4.98 Å². The number of rotatable bonds is 2. The number of hydrogen-bond donors (Lipinski definition) is 0. The molecule has 80 valence electrons. The van der Waals surface area contributed by atoms with Crippen molar-refractivity contribution in [2.24, 2.45) is 0 Å². The Morgan fingerprint density at radius 1 is 1.60 bits per heavy atom. The Balaban J connectivity index is 2.13. The van der Waals surface area contributed by atoms with Crippen LogP contribution in [0.4, 0.5) is 10.2 Å². The molecule has 3 nitrogen and oxygen atoms in total. The molecule has 1 aliphatic heterocycles. The van der Waals surface area contributed by atoms with E-state index < -0.39 is 6.17 Å². The van der Waals surface area contributed by atoms with Gasteiger partial charge in [-0.2, -0.15) is 0 Å². The van der Waals surface area contributed by atoms with Crippen LogP contribution >= 0.6 is 0 Å². The zero-order chi connectivity index (χ0) is 10.8. The smallest absolute Gasteiger partial charge is 0.161 e. The highest BCUT2D eigenvalue weighted by Crippen LogP contribution is 2.19. The fourth-order valence-corrected chi connectivity index (χ4v) is 1.71. The molecule has 0 spiro atoms. The lowest BCUT2D eigenvalue weighted by Gasteiger charge is -2.15. The molecule has 1 aliphatic rings. The van der Waals surface area contributed by atoms with Crippen LogP contribution in [-0.4, -0.2) is 30.0 Å². The molecule has 0 unspecified atom stereocenters. The second-order valence-corrected chi connectivity index (χ2v) is 3.79. The van der Waals surface area contributed by atoms with E-state index in [1.807, 2.05) is 4.90 Å². The topological polar surface area (TPSA) is 33.2 Å². The van der Waals surface area contributed by atoms with E-state index in [1.165, 1.54) is 6.92 Å². The lowest BCUT2D eigenvalue weighted by molar-refractivity contribution is 0.101. The van der Waals surface area contributed by atoms with E-state index in [0.29, 0.717) is 25.1 Å². The van der Waals surface area contributed by atoms with Crippen molar-refractivity contribution in [3.05, 3.63) is 23.9 Å². The SMILES string of the molecule is CC(=O)c1ccc(N2CC[C@H](F)C2)nc1. The number of pyridine rings is 1. The Morgan fingerprint density at radius 2 is 2.40 bits per heavy atom. The van der Waals surface area contributed by atoms with Crippen LogP contribution in [0.15, 0.2) is 18.3 Å². The summed E-state index contributed by atoms with van der Waals surface area (Å²) < 4.78 is 12.9. The Morgan fingerprint density at radius 3 is 2.87 bits per heavy atom. The molecule has 0 radical (unpaired) electrons. The van der Waals surface area contributed by atoms with Crippen molar-refractivity contribution in [2.75, 3.05) is 18.0 Å². The van der Waals surface area contributed by atoms with Crippen LogP contribution in [-0.2, 0) is 0 Å². The lowest BCUT2D eigenvalue weighted by atomic mass is 10.2. The second-order valence-electron chi connectivity index (χ2n) is 3.79. The first kappa shape index (κ1) is 10.1. The quantitative estimate of drug-likeness (QED) is 0.695. The van der Waals surface area contributed by atoms with Gasteiger partial charge >= 0.3 is 0 Å². The van der Waals surface area contributed by atoms with Gasteiger partial charge in [0, 0.05) is 18.3 Å². The summed E-state index contributed by atoms with van der Waals surface area (Å²) >= 11 is 0. The first-order valence-corrected chi connectivity index (χ1v) is 5.03. The average molecular weight is 208 g/mol. The maximum atomic E-state index is 12.9. The number of ketones is 1. The van der Waals surface area contributed by atoms with Crippen LogP contribution in [0.2, 0.25) is 0 Å². The van der Waals surface area contributed by atoms with Crippen LogP contribution in [0.5, 0.6) is 0 Å². The van der Waals surface area contributed by atoms with Crippen molar-refractivity contribution in [1.82, 2.24) is 4.98 Å². The van der Waals surface area contributed by atoms with E-state index in [9.17, 15) is 9.18 Å². The number of carbonyl (C=O) groups excluding carboxylic acids is 1. The number of nitrogens with zero attached hydrogens (tertiary/aromatic N) is 2. The molecule has 1 aromatic heterocycles. The van der Waals surface area contributed by atoms with Gasteiger partial charge in [-0.3, -0.25) is 4.79 Å². The molecule has 0 N–H and O–H groups in total. The zero-order valence-corrected chi connectivity index (χ0v) is 8.61. The molecule has 4 heteroatoms. The number of aromatic nitrogens is 1. The van der Waals surface area contributed by atoms with Crippen molar-refractivity contribution in [3.8, 4) is 0 Å². The second kappa shape index (κ2) is 3.96. The van der Waals surface area contributed by atoms with Gasteiger partial charge in [0.1, 0.15) is 12.0 Å². The Kier molecular flexibility index (Phi) is 2.66. The standard InChI is InChI=1S/C11H13FN2O/c1-8(15)9-2-3-11(13-6-9)14-5-4-10(12)7-14/h2-3,6,10H,4-5,7H2,1H3/t10-/m0/s1. The van der Waals surface area contributed by atoms with Gasteiger partial charge in [0.05, 0.1) is 6.54 Å². The summed E-state index contributed by atoms with van der Waals surface area (Å²) in [6.07, 6.45) is 1.36. The maximum Gasteiger partial charge on any atom is 0.161 e. The fraction of sp³-hybridized carbons (Fsp3) is 0.455. The molecule has 1 atom stereocenters.